The fourth-order valence-corrected chi connectivity index (χ4v) is 8.39. The van der Waals surface area contributed by atoms with Crippen LogP contribution in [0.15, 0.2) is 48.7 Å². The highest BCUT2D eigenvalue weighted by atomic mass is 35.5. The molecule has 11 nitrogen and oxygen atoms in total. The van der Waals surface area contributed by atoms with Crippen LogP contribution in [0.4, 0.5) is 32.2 Å². The van der Waals surface area contributed by atoms with Crippen molar-refractivity contribution >= 4 is 55.3 Å². The average Bonchev–Trinajstić information content (AvgIpc) is 3.41. The summed E-state index contributed by atoms with van der Waals surface area (Å²) in [5, 5.41) is 11.3. The Bertz CT molecular complexity index is 2640. The van der Waals surface area contributed by atoms with Crippen LogP contribution in [0.3, 0.4) is 0 Å². The second-order valence-electron chi connectivity index (χ2n) is 13.7. The van der Waals surface area contributed by atoms with Crippen molar-refractivity contribution in [1.29, 1.82) is 0 Å². The van der Waals surface area contributed by atoms with Gasteiger partial charge in [0.15, 0.2) is 5.82 Å². The number of rotatable bonds is 10. The van der Waals surface area contributed by atoms with Gasteiger partial charge in [-0.15, -0.1) is 0 Å². The van der Waals surface area contributed by atoms with E-state index in [1.54, 1.807) is 43.1 Å². The second-order valence-corrected chi connectivity index (χ2v) is 15.9. The minimum absolute atomic E-state index is 0.0424. The van der Waals surface area contributed by atoms with Crippen molar-refractivity contribution in [3.8, 4) is 11.1 Å². The number of aryl methyl sites for hydroxylation is 2. The fourth-order valence-electron chi connectivity index (χ4n) is 7.66. The van der Waals surface area contributed by atoms with E-state index >= 15 is 8.78 Å². The molecule has 2 N–H and O–H groups in total. The number of pyridine rings is 1. The summed E-state index contributed by atoms with van der Waals surface area (Å²) in [6.07, 6.45) is -0.675. The van der Waals surface area contributed by atoms with Crippen molar-refractivity contribution in [1.82, 2.24) is 34.4 Å². The number of nitrogens with one attached hydrogen (secondary N) is 2. The molecule has 54 heavy (non-hydrogen) atoms. The number of aromatic nitrogens is 6. The van der Waals surface area contributed by atoms with Crippen molar-refractivity contribution in [2.75, 3.05) is 11.0 Å². The summed E-state index contributed by atoms with van der Waals surface area (Å²) >= 11 is 6.60. The summed E-state index contributed by atoms with van der Waals surface area (Å²) in [6, 6.07) is 8.21. The maximum Gasteiger partial charge on any atom is 0.293 e. The molecule has 282 valence electrons. The number of hydrogen-bond acceptors (Lipinski definition) is 6. The lowest BCUT2D eigenvalue weighted by Crippen LogP contribution is -2.35. The normalized spacial score (nSPS) is 18.0. The first-order valence-electron chi connectivity index (χ1n) is 16.5. The Morgan fingerprint density at radius 1 is 1.04 bits per heavy atom. The largest absolute Gasteiger partial charge is 0.349 e. The standard InChI is InChI=1S/C35H29ClF6N8O3S/c1-48-7-6-23-25(48)13-19(18-4-5-22(36)28-31(18)49(2)46-34(28)47-54(3,52)53)29(44-23)24(10-15-8-16(37)11-17(38)9-15)43-26(51)14-50-32-27(30(45-50)33(39)40)20-12-21(20)35(32,41)42/h4-9,11,13,20-21,24,33H,10,12,14H2,1-3H3,(H,43,51)(H,46,47)/t20-,21+,24-/m0/s1. The second kappa shape index (κ2) is 12.5. The Morgan fingerprint density at radius 2 is 1.76 bits per heavy atom. The lowest BCUT2D eigenvalue weighted by atomic mass is 9.93. The molecule has 8 rings (SSSR count). The molecule has 0 radical (unpaired) electrons. The lowest BCUT2D eigenvalue weighted by molar-refractivity contribution is -0.123. The van der Waals surface area contributed by atoms with Gasteiger partial charge in [-0.3, -0.25) is 18.9 Å². The van der Waals surface area contributed by atoms with E-state index in [9.17, 15) is 30.8 Å². The number of benzene rings is 2. The molecule has 6 aromatic rings. The maximum absolute atomic E-state index is 15.3. The summed E-state index contributed by atoms with van der Waals surface area (Å²) in [5.74, 6) is -8.15. The first-order chi connectivity index (χ1) is 25.4. The number of halogens is 7. The highest BCUT2D eigenvalue weighted by molar-refractivity contribution is 7.92. The van der Waals surface area contributed by atoms with E-state index in [2.05, 4.69) is 20.2 Å². The monoisotopic (exact) mass is 790 g/mol. The third-order valence-electron chi connectivity index (χ3n) is 9.89. The van der Waals surface area contributed by atoms with Gasteiger partial charge in [-0.2, -0.15) is 19.0 Å². The van der Waals surface area contributed by atoms with Gasteiger partial charge in [0.1, 0.15) is 29.6 Å². The third kappa shape index (κ3) is 6.04. The first kappa shape index (κ1) is 35.9. The molecule has 0 spiro atoms. The molecular formula is C35H29ClF6N8O3S. The molecule has 0 saturated heterocycles. The van der Waals surface area contributed by atoms with Gasteiger partial charge < -0.3 is 9.88 Å². The number of sulfonamides is 1. The Kier molecular flexibility index (Phi) is 8.29. The molecule has 19 heteroatoms. The maximum atomic E-state index is 15.3. The van der Waals surface area contributed by atoms with Crippen LogP contribution in [0.2, 0.25) is 5.02 Å². The van der Waals surface area contributed by atoms with E-state index in [0.29, 0.717) is 38.4 Å². The van der Waals surface area contributed by atoms with Crippen molar-refractivity contribution in [3.05, 3.63) is 93.5 Å². The smallest absolute Gasteiger partial charge is 0.293 e. The van der Waals surface area contributed by atoms with Crippen LogP contribution in [-0.2, 0) is 47.8 Å². The van der Waals surface area contributed by atoms with E-state index in [0.717, 1.165) is 18.4 Å². The Hall–Kier alpha value is -5.10. The van der Waals surface area contributed by atoms with Crippen molar-refractivity contribution < 1.29 is 39.6 Å². The van der Waals surface area contributed by atoms with Gasteiger partial charge in [-0.1, -0.05) is 17.7 Å². The molecule has 0 unspecified atom stereocenters. The lowest BCUT2D eigenvalue weighted by Gasteiger charge is -2.23. The molecule has 0 aliphatic heterocycles. The van der Waals surface area contributed by atoms with Gasteiger partial charge in [0.25, 0.3) is 12.3 Å². The van der Waals surface area contributed by atoms with E-state index in [1.165, 1.54) is 10.7 Å². The number of hydrogen-bond donors (Lipinski definition) is 2. The predicted molar refractivity (Wildman–Crippen MR) is 187 cm³/mol. The fraction of sp³-hybridized carbons (Fsp3) is 0.314. The highest BCUT2D eigenvalue weighted by Crippen LogP contribution is 2.68. The van der Waals surface area contributed by atoms with Gasteiger partial charge in [0.05, 0.1) is 45.0 Å². The topological polar surface area (TPSA) is 129 Å². The van der Waals surface area contributed by atoms with Crippen molar-refractivity contribution in [3.63, 3.8) is 0 Å². The number of amides is 1. The average molecular weight is 791 g/mol. The Labute approximate surface area is 308 Å². The highest BCUT2D eigenvalue weighted by Gasteiger charge is 2.67. The molecule has 2 aliphatic rings. The molecule has 4 heterocycles. The van der Waals surface area contributed by atoms with Gasteiger partial charge in [-0.05, 0) is 54.7 Å². The molecule has 2 aromatic carbocycles. The molecule has 3 atom stereocenters. The van der Waals surface area contributed by atoms with E-state index < -0.39 is 75.7 Å². The van der Waals surface area contributed by atoms with E-state index in [4.69, 9.17) is 16.6 Å². The number of anilines is 1. The van der Waals surface area contributed by atoms with E-state index in [1.807, 2.05) is 0 Å². The van der Waals surface area contributed by atoms with Crippen LogP contribution in [0.1, 0.15) is 53.0 Å². The number of fused-ring (bicyclic) bond motifs is 5. The summed E-state index contributed by atoms with van der Waals surface area (Å²) < 4.78 is 118. The molecule has 1 fully saturated rings. The number of nitrogens with zero attached hydrogens (tertiary/aromatic N) is 6. The molecule has 2 aliphatic carbocycles. The summed E-state index contributed by atoms with van der Waals surface area (Å²) in [7, 11) is -0.463. The molecule has 1 saturated carbocycles. The zero-order chi connectivity index (χ0) is 38.6. The van der Waals surface area contributed by atoms with Crippen LogP contribution < -0.4 is 10.0 Å². The quantitative estimate of drug-likeness (QED) is 0.146. The summed E-state index contributed by atoms with van der Waals surface area (Å²) in [6.45, 7) is -0.867. The van der Waals surface area contributed by atoms with Gasteiger partial charge in [-0.25, -0.2) is 31.0 Å². The van der Waals surface area contributed by atoms with Crippen LogP contribution >= 0.6 is 11.6 Å². The molecular weight excluding hydrogens is 762 g/mol. The Morgan fingerprint density at radius 3 is 2.44 bits per heavy atom. The number of alkyl halides is 4. The SMILES string of the molecule is Cn1ccc2nc([C@H](Cc3cc(F)cc(F)c3)NC(=O)Cn3nc(C(F)F)c4c3C(F)(F)[C@@H]3C[C@H]43)c(-c3ccc(Cl)c4c(NS(C)(=O)=O)nn(C)c34)cc21. The van der Waals surface area contributed by atoms with Crippen molar-refractivity contribution in [2.45, 2.75) is 43.7 Å². The zero-order valence-electron chi connectivity index (χ0n) is 28.5. The minimum atomic E-state index is -3.80. The molecule has 1 amide bonds. The molecule has 4 aromatic heterocycles. The third-order valence-corrected chi connectivity index (χ3v) is 10.8. The first-order valence-corrected chi connectivity index (χ1v) is 18.8. The number of carbonyl (C=O) groups excluding carboxylic acids is 1. The minimum Gasteiger partial charge on any atom is -0.349 e. The van der Waals surface area contributed by atoms with Crippen LogP contribution in [0, 0.1) is 17.6 Å². The van der Waals surface area contributed by atoms with Crippen LogP contribution in [0.5, 0.6) is 0 Å². The predicted octanol–water partition coefficient (Wildman–Crippen LogP) is 6.87. The molecule has 0 bridgehead atoms. The number of carbonyl (C=O) groups is 1. The van der Waals surface area contributed by atoms with Gasteiger partial charge in [0, 0.05) is 49.0 Å². The van der Waals surface area contributed by atoms with E-state index in [-0.39, 0.29) is 45.9 Å². The van der Waals surface area contributed by atoms with Gasteiger partial charge in [0.2, 0.25) is 15.9 Å². The van der Waals surface area contributed by atoms with Crippen LogP contribution in [0.25, 0.3) is 33.1 Å². The zero-order valence-corrected chi connectivity index (χ0v) is 30.1. The van der Waals surface area contributed by atoms with Crippen LogP contribution in [-0.4, -0.2) is 49.7 Å². The van der Waals surface area contributed by atoms with Gasteiger partial charge >= 0.3 is 0 Å². The summed E-state index contributed by atoms with van der Waals surface area (Å²) in [4.78, 5) is 18.8. The van der Waals surface area contributed by atoms with Crippen molar-refractivity contribution in [2.24, 2.45) is 20.0 Å². The summed E-state index contributed by atoms with van der Waals surface area (Å²) in [5.41, 5.74) is 0.766. The Balaban J connectivity index is 1.28.